The van der Waals surface area contributed by atoms with Crippen LogP contribution in [0.1, 0.15) is 0 Å². The van der Waals surface area contributed by atoms with E-state index >= 15 is 0 Å². The maximum Gasteiger partial charge on any atom is 0.349 e. The van der Waals surface area contributed by atoms with Crippen LogP contribution in [0.3, 0.4) is 0 Å². The highest BCUT2D eigenvalue weighted by molar-refractivity contribution is 5.93. The van der Waals surface area contributed by atoms with Crippen LogP contribution >= 0.6 is 0 Å². The molecular formula is C23H16N2O5. The maximum absolute atomic E-state index is 12.9. The molecule has 3 heterocycles. The average Bonchev–Trinajstić information content (AvgIpc) is 3.13. The standard InChI is InChI=1S/C23H16N2O5/c1-29-17-12-13(9-10-15(17)26)20-21(25-11-5-4-8-18(25)24-20)19-22(27)14-6-2-3-7-16(14)30-23(19)28/h2-12,26-27H,1H3. The summed E-state index contributed by atoms with van der Waals surface area (Å²) in [6, 6.07) is 17.0. The molecule has 3 aromatic heterocycles. The Morgan fingerprint density at radius 2 is 1.83 bits per heavy atom. The first-order valence-corrected chi connectivity index (χ1v) is 9.18. The van der Waals surface area contributed by atoms with Gasteiger partial charge >= 0.3 is 5.63 Å². The van der Waals surface area contributed by atoms with Crippen LogP contribution in [-0.2, 0) is 0 Å². The van der Waals surface area contributed by atoms with E-state index in [1.165, 1.54) is 13.2 Å². The van der Waals surface area contributed by atoms with Gasteiger partial charge in [-0.2, -0.15) is 0 Å². The summed E-state index contributed by atoms with van der Waals surface area (Å²) in [4.78, 5) is 17.6. The summed E-state index contributed by atoms with van der Waals surface area (Å²) in [7, 11) is 1.45. The van der Waals surface area contributed by atoms with E-state index < -0.39 is 5.63 Å². The lowest BCUT2D eigenvalue weighted by Crippen LogP contribution is -2.06. The van der Waals surface area contributed by atoms with Crippen molar-refractivity contribution in [1.29, 1.82) is 0 Å². The molecule has 0 aliphatic carbocycles. The molecule has 30 heavy (non-hydrogen) atoms. The molecule has 0 bridgehead atoms. The van der Waals surface area contributed by atoms with Crippen molar-refractivity contribution in [3.05, 3.63) is 77.3 Å². The van der Waals surface area contributed by atoms with Crippen LogP contribution in [0.2, 0.25) is 0 Å². The Kier molecular flexibility index (Phi) is 3.96. The third-order valence-electron chi connectivity index (χ3n) is 5.01. The van der Waals surface area contributed by atoms with Gasteiger partial charge in [-0.1, -0.05) is 18.2 Å². The Hall–Kier alpha value is -4.26. The largest absolute Gasteiger partial charge is 0.506 e. The topological polar surface area (TPSA) is 97.2 Å². The summed E-state index contributed by atoms with van der Waals surface area (Å²) in [6.07, 6.45) is 1.76. The van der Waals surface area contributed by atoms with Gasteiger partial charge in [-0.15, -0.1) is 0 Å². The van der Waals surface area contributed by atoms with Crippen LogP contribution in [0.4, 0.5) is 0 Å². The molecule has 0 saturated heterocycles. The van der Waals surface area contributed by atoms with Gasteiger partial charge in [0.25, 0.3) is 0 Å². The van der Waals surface area contributed by atoms with Gasteiger partial charge in [0.1, 0.15) is 22.5 Å². The zero-order chi connectivity index (χ0) is 20.8. The monoisotopic (exact) mass is 400 g/mol. The smallest absolute Gasteiger partial charge is 0.349 e. The Labute approximate surface area is 170 Å². The van der Waals surface area contributed by atoms with Gasteiger partial charge < -0.3 is 19.4 Å². The number of hydrogen-bond acceptors (Lipinski definition) is 6. The van der Waals surface area contributed by atoms with Gasteiger partial charge in [0, 0.05) is 11.8 Å². The van der Waals surface area contributed by atoms with E-state index in [4.69, 9.17) is 9.15 Å². The number of imidazole rings is 1. The predicted molar refractivity (Wildman–Crippen MR) is 112 cm³/mol. The minimum absolute atomic E-state index is 0.00874. The first kappa shape index (κ1) is 17.8. The number of para-hydroxylation sites is 1. The number of benzene rings is 2. The Morgan fingerprint density at radius 1 is 1.03 bits per heavy atom. The fourth-order valence-corrected chi connectivity index (χ4v) is 3.60. The number of phenolic OH excluding ortho intramolecular Hbond substituents is 1. The van der Waals surface area contributed by atoms with Gasteiger partial charge in [-0.25, -0.2) is 9.78 Å². The summed E-state index contributed by atoms with van der Waals surface area (Å²) >= 11 is 0. The number of ether oxygens (including phenoxy) is 1. The van der Waals surface area contributed by atoms with E-state index in [1.807, 2.05) is 6.07 Å². The van der Waals surface area contributed by atoms with Gasteiger partial charge in [0.2, 0.25) is 0 Å². The summed E-state index contributed by atoms with van der Waals surface area (Å²) < 4.78 is 12.4. The zero-order valence-corrected chi connectivity index (χ0v) is 15.9. The maximum atomic E-state index is 12.9. The lowest BCUT2D eigenvalue weighted by Gasteiger charge is -2.10. The van der Waals surface area contributed by atoms with Crippen LogP contribution in [0.5, 0.6) is 17.2 Å². The number of aromatic nitrogens is 2. The number of hydrogen-bond donors (Lipinski definition) is 2. The third kappa shape index (κ3) is 2.60. The highest BCUT2D eigenvalue weighted by Gasteiger charge is 2.24. The van der Waals surface area contributed by atoms with Crippen LogP contribution in [-0.4, -0.2) is 26.7 Å². The Balaban J connectivity index is 1.90. The lowest BCUT2D eigenvalue weighted by atomic mass is 10.0. The molecule has 7 heteroatoms. The van der Waals surface area contributed by atoms with Crippen molar-refractivity contribution in [1.82, 2.24) is 9.38 Å². The molecule has 0 amide bonds. The fraction of sp³-hybridized carbons (Fsp3) is 0.0435. The molecule has 2 aromatic carbocycles. The number of rotatable bonds is 3. The molecule has 2 N–H and O–H groups in total. The minimum atomic E-state index is -0.677. The van der Waals surface area contributed by atoms with Gasteiger partial charge in [0.05, 0.1) is 23.9 Å². The second-order valence-corrected chi connectivity index (χ2v) is 6.73. The van der Waals surface area contributed by atoms with Crippen molar-refractivity contribution in [2.24, 2.45) is 0 Å². The Morgan fingerprint density at radius 3 is 2.67 bits per heavy atom. The summed E-state index contributed by atoms with van der Waals surface area (Å²) in [5, 5.41) is 21.4. The molecule has 7 nitrogen and oxygen atoms in total. The third-order valence-corrected chi connectivity index (χ3v) is 5.01. The number of fused-ring (bicyclic) bond motifs is 2. The fourth-order valence-electron chi connectivity index (χ4n) is 3.60. The molecule has 5 rings (SSSR count). The van der Waals surface area contributed by atoms with E-state index in [0.717, 1.165) is 0 Å². The molecule has 0 aliphatic rings. The molecule has 5 aromatic rings. The molecule has 0 atom stereocenters. The van der Waals surface area contributed by atoms with E-state index in [-0.39, 0.29) is 22.8 Å². The number of pyridine rings is 1. The number of phenols is 1. The minimum Gasteiger partial charge on any atom is -0.506 e. The molecule has 0 radical (unpaired) electrons. The van der Waals surface area contributed by atoms with Crippen LogP contribution in [0.25, 0.3) is 39.1 Å². The SMILES string of the molecule is COc1cc(-c2nc3ccccn3c2-c2c(O)c3ccccc3oc2=O)ccc1O. The summed E-state index contributed by atoms with van der Waals surface area (Å²) in [6.45, 7) is 0. The quantitative estimate of drug-likeness (QED) is 0.441. The second-order valence-electron chi connectivity index (χ2n) is 6.73. The van der Waals surface area contributed by atoms with Crippen molar-refractivity contribution in [2.45, 2.75) is 0 Å². The number of aromatic hydroxyl groups is 2. The molecule has 0 spiro atoms. The van der Waals surface area contributed by atoms with Crippen molar-refractivity contribution < 1.29 is 19.4 Å². The highest BCUT2D eigenvalue weighted by Crippen LogP contribution is 2.40. The van der Waals surface area contributed by atoms with Gasteiger partial charge in [-0.05, 0) is 42.5 Å². The highest BCUT2D eigenvalue weighted by atomic mass is 16.5. The first-order valence-electron chi connectivity index (χ1n) is 9.18. The van der Waals surface area contributed by atoms with E-state index in [1.54, 1.807) is 59.1 Å². The molecule has 0 aliphatic heterocycles. The van der Waals surface area contributed by atoms with Gasteiger partial charge in [0.15, 0.2) is 11.5 Å². The number of methoxy groups -OCH3 is 1. The molecular weight excluding hydrogens is 384 g/mol. The molecule has 0 unspecified atom stereocenters. The summed E-state index contributed by atoms with van der Waals surface area (Å²) in [5.41, 5.74) is 1.65. The van der Waals surface area contributed by atoms with E-state index in [2.05, 4.69) is 4.98 Å². The van der Waals surface area contributed by atoms with Crippen molar-refractivity contribution in [2.75, 3.05) is 7.11 Å². The molecule has 0 saturated carbocycles. The van der Waals surface area contributed by atoms with E-state index in [9.17, 15) is 15.0 Å². The van der Waals surface area contributed by atoms with Crippen molar-refractivity contribution >= 4 is 16.6 Å². The first-order chi connectivity index (χ1) is 14.6. The van der Waals surface area contributed by atoms with Crippen LogP contribution in [0, 0.1) is 0 Å². The predicted octanol–water partition coefficient (Wildman–Crippen LogP) is 4.19. The van der Waals surface area contributed by atoms with E-state index in [0.29, 0.717) is 33.6 Å². The molecule has 148 valence electrons. The number of nitrogens with zero attached hydrogens (tertiary/aromatic N) is 2. The molecule has 0 fully saturated rings. The lowest BCUT2D eigenvalue weighted by molar-refractivity contribution is 0.373. The van der Waals surface area contributed by atoms with Gasteiger partial charge in [-0.3, -0.25) is 4.40 Å². The van der Waals surface area contributed by atoms with Crippen molar-refractivity contribution in [3.8, 4) is 39.8 Å². The van der Waals surface area contributed by atoms with Crippen molar-refractivity contribution in [3.63, 3.8) is 0 Å². The normalized spacial score (nSPS) is 11.2. The van der Waals surface area contributed by atoms with Crippen LogP contribution in [0.15, 0.2) is 76.1 Å². The summed E-state index contributed by atoms with van der Waals surface area (Å²) in [5.74, 6) is 0.0735. The second kappa shape index (κ2) is 6.66. The van der Waals surface area contributed by atoms with Crippen LogP contribution < -0.4 is 10.4 Å². The average molecular weight is 400 g/mol. The zero-order valence-electron chi connectivity index (χ0n) is 15.9. The Bertz CT molecular complexity index is 1480.